The largest absolute Gasteiger partial charge is 0.435 e. The van der Waals surface area contributed by atoms with Gasteiger partial charge >= 0.3 is 24.1 Å². The molecule has 2 aromatic rings. The lowest BCUT2D eigenvalue weighted by Gasteiger charge is -2.43. The number of aryl methyl sites for hydroxylation is 1. The van der Waals surface area contributed by atoms with Crippen LogP contribution in [0, 0.1) is 5.82 Å². The molecule has 0 radical (unpaired) electrons. The second-order valence-electron chi connectivity index (χ2n) is 10.8. The van der Waals surface area contributed by atoms with Gasteiger partial charge in [0.1, 0.15) is 10.6 Å². The van der Waals surface area contributed by atoms with Crippen molar-refractivity contribution in [3.05, 3.63) is 65.0 Å². The van der Waals surface area contributed by atoms with E-state index in [0.717, 1.165) is 30.3 Å². The third kappa shape index (κ3) is 4.94. The number of urea groups is 1. The normalized spacial score (nSPS) is 21.8. The Morgan fingerprint density at radius 2 is 1.61 bits per heavy atom. The minimum Gasteiger partial charge on any atom is -0.389 e. The van der Waals surface area contributed by atoms with E-state index in [4.69, 9.17) is 0 Å². The highest BCUT2D eigenvalue weighted by molar-refractivity contribution is 7.92. The lowest BCUT2D eigenvalue weighted by Crippen LogP contribution is -2.55. The molecule has 0 bridgehead atoms. The number of hydrogen-bond donors (Lipinski definition) is 2. The van der Waals surface area contributed by atoms with Crippen LogP contribution in [0.25, 0.3) is 0 Å². The number of nitrogens with one attached hydrogen (secondary N) is 1. The first-order chi connectivity index (χ1) is 18.7. The van der Waals surface area contributed by atoms with Gasteiger partial charge in [0.2, 0.25) is 0 Å². The average molecular weight is 615 g/mol. The summed E-state index contributed by atoms with van der Waals surface area (Å²) >= 11 is 0. The molecule has 226 valence electrons. The van der Waals surface area contributed by atoms with Crippen LogP contribution in [0.4, 0.5) is 39.9 Å². The summed E-state index contributed by atoms with van der Waals surface area (Å²) in [5, 5.41) is 12.5. The number of nitrogens with zero attached hydrogens (tertiary/aromatic N) is 1. The topological polar surface area (TPSA) is 86.7 Å². The van der Waals surface area contributed by atoms with Crippen LogP contribution in [0.3, 0.4) is 0 Å². The van der Waals surface area contributed by atoms with Gasteiger partial charge < -0.3 is 15.3 Å². The molecule has 2 N–H and O–H groups in total. The van der Waals surface area contributed by atoms with Gasteiger partial charge in [-0.2, -0.15) is 26.3 Å². The van der Waals surface area contributed by atoms with Crippen molar-refractivity contribution in [2.24, 2.45) is 0 Å². The molecule has 6 nitrogen and oxygen atoms in total. The summed E-state index contributed by atoms with van der Waals surface area (Å²) in [6, 6.07) is 3.18. The fraction of sp³-hybridized carbons (Fsp3) is 0.500. The van der Waals surface area contributed by atoms with E-state index in [1.54, 1.807) is 0 Å². The van der Waals surface area contributed by atoms with Crippen LogP contribution in [0.15, 0.2) is 47.4 Å². The third-order valence-corrected chi connectivity index (χ3v) is 10.2. The molecular formula is C26H26F8N2O4S. The SMILES string of the molecule is CC(C)(O)CNC(=O)N1CC[C@@]2(S(=O)(=O)c3ccc(F)cc3)c3ccc(C(F)(C(F)(F)F)C(F)(F)F)cc3CC[C@@H]12. The zero-order chi connectivity index (χ0) is 30.8. The Balaban J connectivity index is 1.90. The van der Waals surface area contributed by atoms with Crippen LogP contribution in [0.2, 0.25) is 0 Å². The number of hydrogen-bond acceptors (Lipinski definition) is 4. The molecule has 1 heterocycles. The lowest BCUT2D eigenvalue weighted by atomic mass is 9.77. The highest BCUT2D eigenvalue weighted by Crippen LogP contribution is 2.56. The Kier molecular flexibility index (Phi) is 7.42. The summed E-state index contributed by atoms with van der Waals surface area (Å²) in [5.74, 6) is -0.760. The van der Waals surface area contributed by atoms with Crippen LogP contribution in [0.5, 0.6) is 0 Å². The molecule has 1 aliphatic carbocycles. The van der Waals surface area contributed by atoms with Gasteiger partial charge in [0.05, 0.1) is 16.5 Å². The van der Waals surface area contributed by atoms with Gasteiger partial charge in [-0.15, -0.1) is 0 Å². The summed E-state index contributed by atoms with van der Waals surface area (Å²) in [6.07, 6.45) is -13.5. The quantitative estimate of drug-likeness (QED) is 0.355. The van der Waals surface area contributed by atoms with Crippen LogP contribution in [-0.4, -0.2) is 61.5 Å². The zero-order valence-electron chi connectivity index (χ0n) is 21.7. The number of alkyl halides is 7. The standard InChI is InChI=1S/C26H26F8N2O4S/c1-22(2,38)14-35-21(37)36-12-11-23(41(39,40)18-7-5-17(27)6-8-18)19-9-4-16(13-15(19)3-10-20(23)36)24(28,25(29,30)31)26(32,33)34/h4-9,13,20,38H,3,10-12,14H2,1-2H3,(H,35,37)/t20-,23-/m1/s1. The maximum Gasteiger partial charge on any atom is 0.435 e. The Morgan fingerprint density at radius 3 is 2.15 bits per heavy atom. The number of fused-ring (bicyclic) bond motifs is 3. The van der Waals surface area contributed by atoms with Gasteiger partial charge in [-0.25, -0.2) is 22.0 Å². The summed E-state index contributed by atoms with van der Waals surface area (Å²) in [5.41, 5.74) is -9.21. The number of carbonyl (C=O) groups excluding carboxylic acids is 1. The molecule has 41 heavy (non-hydrogen) atoms. The molecule has 2 amide bonds. The zero-order valence-corrected chi connectivity index (χ0v) is 22.5. The highest BCUT2D eigenvalue weighted by Gasteiger charge is 2.73. The van der Waals surface area contributed by atoms with Gasteiger partial charge in [-0.1, -0.05) is 18.2 Å². The molecule has 2 aliphatic rings. The second-order valence-corrected chi connectivity index (χ2v) is 13.0. The summed E-state index contributed by atoms with van der Waals surface area (Å²) in [6.45, 7) is 2.45. The van der Waals surface area contributed by atoms with Gasteiger partial charge in [-0.05, 0) is 68.5 Å². The van der Waals surface area contributed by atoms with E-state index >= 15 is 0 Å². The van der Waals surface area contributed by atoms with Gasteiger partial charge in [-0.3, -0.25) is 0 Å². The fourth-order valence-corrected chi connectivity index (χ4v) is 8.06. The number of likely N-dealkylation sites (tertiary alicyclic amines) is 1. The van der Waals surface area contributed by atoms with E-state index in [2.05, 4.69) is 5.32 Å². The maximum absolute atomic E-state index is 14.9. The van der Waals surface area contributed by atoms with Gasteiger partial charge in [0, 0.05) is 18.7 Å². The molecule has 0 saturated carbocycles. The van der Waals surface area contributed by atoms with Crippen molar-refractivity contribution in [3.8, 4) is 0 Å². The van der Waals surface area contributed by atoms with Crippen molar-refractivity contribution >= 4 is 15.9 Å². The number of sulfone groups is 1. The fourth-order valence-electron chi connectivity index (χ4n) is 5.69. The molecule has 1 aliphatic heterocycles. The smallest absolute Gasteiger partial charge is 0.389 e. The van der Waals surface area contributed by atoms with Gasteiger partial charge in [0.15, 0.2) is 9.84 Å². The molecule has 15 heteroatoms. The minimum absolute atomic E-state index is 0.175. The monoisotopic (exact) mass is 614 g/mol. The van der Waals surface area contributed by atoms with Crippen molar-refractivity contribution in [1.29, 1.82) is 0 Å². The summed E-state index contributed by atoms with van der Waals surface area (Å²) < 4.78 is 136. The third-order valence-electron chi connectivity index (χ3n) is 7.60. The molecule has 1 saturated heterocycles. The van der Waals surface area contributed by atoms with Crippen molar-refractivity contribution in [2.75, 3.05) is 13.1 Å². The highest BCUT2D eigenvalue weighted by atomic mass is 32.2. The average Bonchev–Trinajstić information content (AvgIpc) is 3.26. The number of aliphatic hydroxyl groups is 1. The molecule has 0 aromatic heterocycles. The number of amides is 2. The molecule has 1 fully saturated rings. The Hall–Kier alpha value is -2.94. The van der Waals surface area contributed by atoms with E-state index in [9.17, 15) is 53.4 Å². The second kappa shape index (κ2) is 9.82. The number of halogens is 8. The van der Waals surface area contributed by atoms with Crippen LogP contribution < -0.4 is 5.32 Å². The first-order valence-electron chi connectivity index (χ1n) is 12.4. The molecule has 2 aromatic carbocycles. The summed E-state index contributed by atoms with van der Waals surface area (Å²) in [7, 11) is -4.58. The van der Waals surface area contributed by atoms with E-state index in [-0.39, 0.29) is 54.4 Å². The Labute approximate surface area is 230 Å². The van der Waals surface area contributed by atoms with Gasteiger partial charge in [0.25, 0.3) is 0 Å². The van der Waals surface area contributed by atoms with Crippen LogP contribution in [0.1, 0.15) is 43.4 Å². The van der Waals surface area contributed by atoms with Crippen LogP contribution >= 0.6 is 0 Å². The van der Waals surface area contributed by atoms with E-state index in [1.165, 1.54) is 18.7 Å². The molecule has 4 rings (SSSR count). The predicted octanol–water partition coefficient (Wildman–Crippen LogP) is 5.29. The van der Waals surface area contributed by atoms with Crippen molar-refractivity contribution in [1.82, 2.24) is 10.2 Å². The minimum atomic E-state index is -6.36. The molecule has 0 unspecified atom stereocenters. The number of benzene rings is 2. The molecule has 0 spiro atoms. The Bertz CT molecular complexity index is 1420. The number of rotatable bonds is 5. The van der Waals surface area contributed by atoms with E-state index < -0.39 is 61.7 Å². The predicted molar refractivity (Wildman–Crippen MR) is 130 cm³/mol. The van der Waals surface area contributed by atoms with Crippen molar-refractivity contribution in [2.45, 2.75) is 72.4 Å². The number of carbonyl (C=O) groups is 1. The van der Waals surface area contributed by atoms with Crippen LogP contribution in [-0.2, 0) is 26.7 Å². The first kappa shape index (κ1) is 31.0. The first-order valence-corrected chi connectivity index (χ1v) is 13.9. The van der Waals surface area contributed by atoms with Crippen molar-refractivity contribution < 1.29 is 53.4 Å². The lowest BCUT2D eigenvalue weighted by molar-refractivity contribution is -0.348. The maximum atomic E-state index is 14.9. The van der Waals surface area contributed by atoms with E-state index in [1.807, 2.05) is 0 Å². The van der Waals surface area contributed by atoms with E-state index in [0.29, 0.717) is 6.07 Å². The molecular weight excluding hydrogens is 588 g/mol. The Morgan fingerprint density at radius 1 is 1.02 bits per heavy atom. The summed E-state index contributed by atoms with van der Waals surface area (Å²) in [4.78, 5) is 13.9. The van der Waals surface area contributed by atoms with Crippen molar-refractivity contribution in [3.63, 3.8) is 0 Å². The molecule has 2 atom stereocenters.